The van der Waals surface area contributed by atoms with Gasteiger partial charge in [-0.05, 0) is 111 Å². The lowest BCUT2D eigenvalue weighted by Crippen LogP contribution is -2.62. The highest BCUT2D eigenvalue weighted by Crippen LogP contribution is 2.38. The largest absolute Gasteiger partial charge is 0.356 e. The first kappa shape index (κ1) is 39.8. The van der Waals surface area contributed by atoms with E-state index in [1.165, 1.54) is 24.3 Å². The summed E-state index contributed by atoms with van der Waals surface area (Å²) in [6, 6.07) is 15.7. The van der Waals surface area contributed by atoms with E-state index < -0.39 is 0 Å². The number of benzene rings is 2. The van der Waals surface area contributed by atoms with Gasteiger partial charge in [0.15, 0.2) is 11.5 Å². The Labute approximate surface area is 328 Å². The fourth-order valence-electron chi connectivity index (χ4n) is 9.24. The third-order valence-corrected chi connectivity index (χ3v) is 12.1. The number of aromatic nitrogens is 2. The van der Waals surface area contributed by atoms with Crippen molar-refractivity contribution in [3.05, 3.63) is 83.7 Å². The van der Waals surface area contributed by atoms with Crippen LogP contribution in [0.5, 0.6) is 0 Å². The molecule has 3 unspecified atom stereocenters. The fraction of sp³-hybridized carbons (Fsp3) is 0.545. The Morgan fingerprint density at radius 2 is 1.30 bits per heavy atom. The van der Waals surface area contributed by atoms with Gasteiger partial charge in [-0.15, -0.1) is 0 Å². The van der Waals surface area contributed by atoms with Gasteiger partial charge in [0.2, 0.25) is 11.8 Å². The van der Waals surface area contributed by atoms with Crippen molar-refractivity contribution in [3.63, 3.8) is 0 Å². The normalized spacial score (nSPS) is 25.6. The molecule has 2 saturated heterocycles. The number of halogens is 2. The van der Waals surface area contributed by atoms with Crippen LogP contribution < -0.4 is 10.6 Å². The number of piperazine rings is 2. The number of hydrogen-bond acceptors (Lipinski definition) is 8. The summed E-state index contributed by atoms with van der Waals surface area (Å²) in [5.41, 5.74) is 3.02. The number of hydrogen-bond donors (Lipinski definition) is 2. The molecule has 10 nitrogen and oxygen atoms in total. The molecule has 7 atom stereocenters. The Hall–Kier alpha value is -4.42. The molecule has 3 fully saturated rings. The van der Waals surface area contributed by atoms with E-state index >= 15 is 0 Å². The standard InChI is InChI=1S/C44H56F2N6O4/c1-5-35-23-51(24-36-21-41(55-49-36)30-9-13-33(45)14-10-30)40(43(53)47-35)19-28(4)18-29-7-6-8-32(20-29)38-26-52(39(17-27(2)3)44(54)48-38)25-37-22-42(56-50-37)31-11-15-34(46)16-12-31/h9-16,21-22,27-29,32,35,38-40H,5-8,17-20,23-26H2,1-4H3,(H,47,53)(H,48,54)/t28?,29?,32?,35-,38+,39-,40-/m0/s1. The Balaban J connectivity index is 0.979. The van der Waals surface area contributed by atoms with Gasteiger partial charge in [0, 0.05) is 61.5 Å². The first-order valence-electron chi connectivity index (χ1n) is 20.5. The molecule has 2 N–H and O–H groups in total. The summed E-state index contributed by atoms with van der Waals surface area (Å²) in [4.78, 5) is 31.9. The second-order valence-corrected chi connectivity index (χ2v) is 17.0. The Morgan fingerprint density at radius 3 is 1.88 bits per heavy atom. The van der Waals surface area contributed by atoms with E-state index in [0.717, 1.165) is 87.0 Å². The maximum atomic E-state index is 13.7. The van der Waals surface area contributed by atoms with Gasteiger partial charge in [-0.2, -0.15) is 0 Å². The summed E-state index contributed by atoms with van der Waals surface area (Å²) in [7, 11) is 0. The first-order chi connectivity index (χ1) is 27.0. The van der Waals surface area contributed by atoms with E-state index in [-0.39, 0.29) is 47.6 Å². The molecular weight excluding hydrogens is 715 g/mol. The fourth-order valence-corrected chi connectivity index (χ4v) is 9.24. The minimum atomic E-state index is -0.305. The van der Waals surface area contributed by atoms with Crippen LogP contribution in [0.3, 0.4) is 0 Å². The van der Waals surface area contributed by atoms with Crippen LogP contribution in [-0.2, 0) is 22.7 Å². The summed E-state index contributed by atoms with van der Waals surface area (Å²) in [6.45, 7) is 11.1. The molecule has 2 aromatic heterocycles. The van der Waals surface area contributed by atoms with Gasteiger partial charge in [-0.1, -0.05) is 50.8 Å². The average Bonchev–Trinajstić information content (AvgIpc) is 3.85. The maximum absolute atomic E-state index is 13.7. The topological polar surface area (TPSA) is 117 Å². The number of nitrogens with zero attached hydrogens (tertiary/aromatic N) is 4. The Morgan fingerprint density at radius 1 is 0.750 bits per heavy atom. The van der Waals surface area contributed by atoms with Gasteiger partial charge in [0.05, 0.1) is 23.5 Å². The van der Waals surface area contributed by atoms with E-state index in [9.17, 15) is 18.4 Å². The molecule has 2 amide bonds. The van der Waals surface area contributed by atoms with E-state index in [4.69, 9.17) is 9.05 Å². The van der Waals surface area contributed by atoms with Crippen LogP contribution in [0.1, 0.15) is 90.4 Å². The molecule has 2 aromatic carbocycles. The highest BCUT2D eigenvalue weighted by Gasteiger charge is 2.41. The second-order valence-electron chi connectivity index (χ2n) is 17.0. The molecule has 7 rings (SSSR count). The van der Waals surface area contributed by atoms with Crippen molar-refractivity contribution in [2.45, 2.75) is 116 Å². The van der Waals surface area contributed by atoms with Gasteiger partial charge in [-0.3, -0.25) is 19.4 Å². The van der Waals surface area contributed by atoms with Crippen molar-refractivity contribution < 1.29 is 27.4 Å². The zero-order chi connectivity index (χ0) is 39.3. The lowest BCUT2D eigenvalue weighted by molar-refractivity contribution is -0.133. The monoisotopic (exact) mass is 770 g/mol. The summed E-state index contributed by atoms with van der Waals surface area (Å²) in [5.74, 6) is 2.23. The Kier molecular flexibility index (Phi) is 12.7. The molecule has 0 bridgehead atoms. The molecule has 300 valence electrons. The zero-order valence-corrected chi connectivity index (χ0v) is 33.1. The molecule has 4 heterocycles. The van der Waals surface area contributed by atoms with Crippen LogP contribution in [-0.4, -0.2) is 69.2 Å². The van der Waals surface area contributed by atoms with Gasteiger partial charge in [0.1, 0.15) is 11.6 Å². The number of carbonyl (C=O) groups excluding carboxylic acids is 2. The molecule has 1 saturated carbocycles. The minimum absolute atomic E-state index is 0.0420. The lowest BCUT2D eigenvalue weighted by Gasteiger charge is -2.44. The summed E-state index contributed by atoms with van der Waals surface area (Å²) < 4.78 is 38.3. The second kappa shape index (κ2) is 17.8. The van der Waals surface area contributed by atoms with Gasteiger partial charge in [0.25, 0.3) is 0 Å². The van der Waals surface area contributed by atoms with Crippen molar-refractivity contribution in [1.82, 2.24) is 30.7 Å². The molecule has 0 spiro atoms. The summed E-state index contributed by atoms with van der Waals surface area (Å²) >= 11 is 0. The predicted octanol–water partition coefficient (Wildman–Crippen LogP) is 7.99. The van der Waals surface area contributed by atoms with Crippen molar-refractivity contribution in [1.29, 1.82) is 0 Å². The molecule has 4 aromatic rings. The smallest absolute Gasteiger partial charge is 0.237 e. The van der Waals surface area contributed by atoms with E-state index in [0.29, 0.717) is 48.3 Å². The SMILES string of the molecule is CC[C@H]1CN(Cc2cc(-c3ccc(F)cc3)on2)[C@@H](CC(C)CC2CCCC([C@H]3CN(Cc4cc(-c5ccc(F)cc5)on4)[C@@H](CC(C)C)C(=O)N3)C2)C(=O)N1. The molecule has 12 heteroatoms. The van der Waals surface area contributed by atoms with E-state index in [1.54, 1.807) is 24.3 Å². The van der Waals surface area contributed by atoms with Crippen LogP contribution in [0.2, 0.25) is 0 Å². The molecule has 2 aliphatic heterocycles. The molecular formula is C44H56F2N6O4. The van der Waals surface area contributed by atoms with Crippen LogP contribution in [0.25, 0.3) is 22.6 Å². The van der Waals surface area contributed by atoms with Crippen LogP contribution in [0, 0.1) is 35.3 Å². The van der Waals surface area contributed by atoms with Crippen LogP contribution in [0.15, 0.2) is 69.7 Å². The molecule has 3 aliphatic rings. The van der Waals surface area contributed by atoms with Gasteiger partial charge >= 0.3 is 0 Å². The predicted molar refractivity (Wildman–Crippen MR) is 210 cm³/mol. The summed E-state index contributed by atoms with van der Waals surface area (Å²) in [6.07, 6.45) is 7.75. The zero-order valence-electron chi connectivity index (χ0n) is 33.1. The number of nitrogens with one attached hydrogen (secondary N) is 2. The number of amides is 2. The lowest BCUT2D eigenvalue weighted by atomic mass is 9.73. The highest BCUT2D eigenvalue weighted by atomic mass is 19.1. The third-order valence-electron chi connectivity index (χ3n) is 12.1. The Bertz CT molecular complexity index is 1910. The number of carbonyl (C=O) groups is 2. The third kappa shape index (κ3) is 9.74. The molecule has 0 radical (unpaired) electrons. The van der Waals surface area contributed by atoms with Crippen molar-refractivity contribution in [2.75, 3.05) is 13.1 Å². The number of rotatable bonds is 14. The first-order valence-corrected chi connectivity index (χ1v) is 20.5. The average molecular weight is 771 g/mol. The van der Waals surface area contributed by atoms with Gasteiger partial charge in [-0.25, -0.2) is 8.78 Å². The minimum Gasteiger partial charge on any atom is -0.356 e. The van der Waals surface area contributed by atoms with Crippen molar-refractivity contribution in [3.8, 4) is 22.6 Å². The van der Waals surface area contributed by atoms with Crippen LogP contribution in [0.4, 0.5) is 8.78 Å². The quantitative estimate of drug-likeness (QED) is 0.133. The molecule has 56 heavy (non-hydrogen) atoms. The van der Waals surface area contributed by atoms with Crippen molar-refractivity contribution in [2.24, 2.45) is 23.7 Å². The van der Waals surface area contributed by atoms with E-state index in [2.05, 4.69) is 58.4 Å². The van der Waals surface area contributed by atoms with Gasteiger partial charge < -0.3 is 19.7 Å². The van der Waals surface area contributed by atoms with Crippen molar-refractivity contribution >= 4 is 11.8 Å². The maximum Gasteiger partial charge on any atom is 0.237 e. The molecule has 1 aliphatic carbocycles. The highest BCUT2D eigenvalue weighted by molar-refractivity contribution is 5.83. The van der Waals surface area contributed by atoms with Crippen LogP contribution >= 0.6 is 0 Å². The van der Waals surface area contributed by atoms with E-state index in [1.807, 2.05) is 12.1 Å². The summed E-state index contributed by atoms with van der Waals surface area (Å²) in [5, 5.41) is 15.4.